The smallest absolute Gasteiger partial charge is 0.0931 e. The predicted molar refractivity (Wildman–Crippen MR) is 130 cm³/mol. The van der Waals surface area contributed by atoms with E-state index in [0.717, 1.165) is 33.5 Å². The van der Waals surface area contributed by atoms with E-state index >= 15 is 0 Å². The number of fused-ring (bicyclic) bond motifs is 1. The molecule has 3 nitrogen and oxygen atoms in total. The summed E-state index contributed by atoms with van der Waals surface area (Å²) in [4.78, 5) is 3.50. The molecule has 2 heterocycles. The summed E-state index contributed by atoms with van der Waals surface area (Å²) in [6, 6.07) is 25.8. The molecule has 6 heteroatoms. The van der Waals surface area contributed by atoms with Gasteiger partial charge in [0.15, 0.2) is 0 Å². The molecule has 0 aliphatic carbocycles. The Morgan fingerprint density at radius 2 is 1.55 bits per heavy atom. The molecule has 0 aliphatic rings. The summed E-state index contributed by atoms with van der Waals surface area (Å²) in [5, 5.41) is 7.87. The molecule has 31 heavy (non-hydrogen) atoms. The van der Waals surface area contributed by atoms with E-state index in [0.29, 0.717) is 15.1 Å². The number of halogens is 3. The molecule has 5 aromatic rings. The molecule has 5 rings (SSSR count). The van der Waals surface area contributed by atoms with Gasteiger partial charge in [-0.15, -0.1) is 0 Å². The van der Waals surface area contributed by atoms with Crippen molar-refractivity contribution in [2.75, 3.05) is 0 Å². The first-order valence-electron chi connectivity index (χ1n) is 9.87. The van der Waals surface area contributed by atoms with E-state index in [1.165, 1.54) is 5.56 Å². The molecule has 2 aromatic heterocycles. The van der Waals surface area contributed by atoms with Crippen LogP contribution in [0.2, 0.25) is 15.1 Å². The Balaban J connectivity index is 1.70. The van der Waals surface area contributed by atoms with Gasteiger partial charge in [0.2, 0.25) is 0 Å². The van der Waals surface area contributed by atoms with Crippen molar-refractivity contribution < 1.29 is 0 Å². The lowest BCUT2D eigenvalue weighted by molar-refractivity contribution is 0.572. The molecular weight excluding hydrogens is 449 g/mol. The molecule has 0 radical (unpaired) electrons. The Labute approximate surface area is 195 Å². The molecule has 0 saturated heterocycles. The number of benzene rings is 3. The van der Waals surface area contributed by atoms with Crippen LogP contribution in [0.15, 0.2) is 78.9 Å². The Morgan fingerprint density at radius 3 is 2.29 bits per heavy atom. The highest BCUT2D eigenvalue weighted by Crippen LogP contribution is 2.34. The summed E-state index contributed by atoms with van der Waals surface area (Å²) >= 11 is 18.7. The lowest BCUT2D eigenvalue weighted by Gasteiger charge is -2.15. The minimum Gasteiger partial charge on any atom is -0.353 e. The molecule has 0 fully saturated rings. The zero-order valence-electron chi connectivity index (χ0n) is 16.6. The minimum atomic E-state index is 0.0228. The van der Waals surface area contributed by atoms with E-state index in [9.17, 15) is 0 Å². The summed E-state index contributed by atoms with van der Waals surface area (Å²) in [6.07, 6.45) is 0. The van der Waals surface area contributed by atoms with Gasteiger partial charge in [-0.3, -0.25) is 4.68 Å². The molecule has 0 amide bonds. The van der Waals surface area contributed by atoms with Gasteiger partial charge < -0.3 is 4.98 Å². The fourth-order valence-electron chi connectivity index (χ4n) is 3.85. The lowest BCUT2D eigenvalue weighted by atomic mass is 10.1. The monoisotopic (exact) mass is 465 g/mol. The number of rotatable bonds is 4. The Hall–Kier alpha value is -2.72. The van der Waals surface area contributed by atoms with Crippen molar-refractivity contribution in [3.05, 3.63) is 99.5 Å². The maximum Gasteiger partial charge on any atom is 0.0931 e. The van der Waals surface area contributed by atoms with Crippen LogP contribution < -0.4 is 0 Å². The Bertz CT molecular complexity index is 1370. The first-order valence-corrected chi connectivity index (χ1v) is 11.0. The van der Waals surface area contributed by atoms with Gasteiger partial charge in [-0.05, 0) is 61.0 Å². The summed E-state index contributed by atoms with van der Waals surface area (Å²) in [6.45, 7) is 2.14. The zero-order chi connectivity index (χ0) is 21.5. The highest BCUT2D eigenvalue weighted by molar-refractivity contribution is 6.35. The highest BCUT2D eigenvalue weighted by atomic mass is 35.5. The summed E-state index contributed by atoms with van der Waals surface area (Å²) in [5.41, 5.74) is 5.80. The van der Waals surface area contributed by atoms with Crippen molar-refractivity contribution in [2.45, 2.75) is 13.0 Å². The van der Waals surface area contributed by atoms with Crippen LogP contribution in [0.5, 0.6) is 0 Å². The number of aromatic nitrogens is 3. The van der Waals surface area contributed by atoms with E-state index in [4.69, 9.17) is 39.9 Å². The number of hydrogen-bond acceptors (Lipinski definition) is 1. The Kier molecular flexibility index (Phi) is 5.27. The SMILES string of the molecule is C[C@@H](c1ccccc1)n1nc(-c2cc(Cl)cc(Cl)c2)cc1-c1cc2cc(Cl)ccc2[nH]1. The standard InChI is InChI=1S/C25H18Cl3N3/c1-15(16-5-3-2-4-6-16)31-25(24-12-18-9-19(26)7-8-22(18)29-24)14-23(30-31)17-10-20(27)13-21(28)11-17/h2-15,29H,1H3/t15-/m0/s1. The van der Waals surface area contributed by atoms with Gasteiger partial charge in [-0.1, -0.05) is 65.1 Å². The van der Waals surface area contributed by atoms with E-state index in [1.54, 1.807) is 6.07 Å². The van der Waals surface area contributed by atoms with Crippen LogP contribution >= 0.6 is 34.8 Å². The third-order valence-corrected chi connectivity index (χ3v) is 6.07. The van der Waals surface area contributed by atoms with Gasteiger partial charge in [-0.2, -0.15) is 5.10 Å². The van der Waals surface area contributed by atoms with Crippen LogP contribution in [0.25, 0.3) is 33.5 Å². The van der Waals surface area contributed by atoms with Crippen molar-refractivity contribution in [1.82, 2.24) is 14.8 Å². The van der Waals surface area contributed by atoms with Crippen molar-refractivity contribution in [3.63, 3.8) is 0 Å². The highest BCUT2D eigenvalue weighted by Gasteiger charge is 2.19. The molecular formula is C25H18Cl3N3. The maximum absolute atomic E-state index is 6.25. The van der Waals surface area contributed by atoms with Gasteiger partial charge in [0.25, 0.3) is 0 Å². The predicted octanol–water partition coefficient (Wildman–Crippen LogP) is 8.27. The van der Waals surface area contributed by atoms with E-state index < -0.39 is 0 Å². The molecule has 0 bridgehead atoms. The van der Waals surface area contributed by atoms with Gasteiger partial charge in [0, 0.05) is 31.5 Å². The van der Waals surface area contributed by atoms with Crippen LogP contribution in [0.1, 0.15) is 18.5 Å². The van der Waals surface area contributed by atoms with Gasteiger partial charge >= 0.3 is 0 Å². The van der Waals surface area contributed by atoms with Crippen molar-refractivity contribution in [3.8, 4) is 22.6 Å². The molecule has 0 saturated carbocycles. The fourth-order valence-corrected chi connectivity index (χ4v) is 4.55. The van der Waals surface area contributed by atoms with Gasteiger partial charge in [-0.25, -0.2) is 0 Å². The number of H-pyrrole nitrogens is 1. The molecule has 3 aromatic carbocycles. The van der Waals surface area contributed by atoms with Crippen LogP contribution in [0.3, 0.4) is 0 Å². The van der Waals surface area contributed by atoms with Crippen LogP contribution in [-0.4, -0.2) is 14.8 Å². The molecule has 0 spiro atoms. The number of aromatic amines is 1. The molecule has 1 N–H and O–H groups in total. The van der Waals surface area contributed by atoms with E-state index in [1.807, 2.05) is 53.2 Å². The van der Waals surface area contributed by atoms with E-state index in [2.05, 4.69) is 36.2 Å². The quantitative estimate of drug-likeness (QED) is 0.284. The number of nitrogens with zero attached hydrogens (tertiary/aromatic N) is 2. The molecule has 0 aliphatic heterocycles. The fraction of sp³-hybridized carbons (Fsp3) is 0.0800. The average molecular weight is 467 g/mol. The first-order chi connectivity index (χ1) is 15.0. The molecule has 1 atom stereocenters. The second kappa shape index (κ2) is 8.08. The number of nitrogens with one attached hydrogen (secondary N) is 1. The molecule has 154 valence electrons. The van der Waals surface area contributed by atoms with Crippen LogP contribution in [0.4, 0.5) is 0 Å². The van der Waals surface area contributed by atoms with E-state index in [-0.39, 0.29) is 6.04 Å². The van der Waals surface area contributed by atoms with Crippen LogP contribution in [0, 0.1) is 0 Å². The normalized spacial score (nSPS) is 12.4. The zero-order valence-corrected chi connectivity index (χ0v) is 18.9. The lowest BCUT2D eigenvalue weighted by Crippen LogP contribution is -2.10. The number of hydrogen-bond donors (Lipinski definition) is 1. The summed E-state index contributed by atoms with van der Waals surface area (Å²) in [7, 11) is 0. The summed E-state index contributed by atoms with van der Waals surface area (Å²) < 4.78 is 2.03. The molecule has 0 unspecified atom stereocenters. The third kappa shape index (κ3) is 3.97. The largest absolute Gasteiger partial charge is 0.353 e. The maximum atomic E-state index is 6.25. The van der Waals surface area contributed by atoms with Gasteiger partial charge in [0.05, 0.1) is 23.1 Å². The Morgan fingerprint density at radius 1 is 0.806 bits per heavy atom. The van der Waals surface area contributed by atoms with Crippen molar-refractivity contribution in [1.29, 1.82) is 0 Å². The van der Waals surface area contributed by atoms with Crippen molar-refractivity contribution >= 4 is 45.7 Å². The van der Waals surface area contributed by atoms with Crippen molar-refractivity contribution in [2.24, 2.45) is 0 Å². The second-order valence-electron chi connectivity index (χ2n) is 7.52. The summed E-state index contributed by atoms with van der Waals surface area (Å²) in [5.74, 6) is 0. The first kappa shape index (κ1) is 20.2. The van der Waals surface area contributed by atoms with Crippen LogP contribution in [-0.2, 0) is 0 Å². The average Bonchev–Trinajstić information content (AvgIpc) is 3.37. The minimum absolute atomic E-state index is 0.0228. The topological polar surface area (TPSA) is 33.6 Å². The van der Waals surface area contributed by atoms with Gasteiger partial charge in [0.1, 0.15) is 0 Å². The second-order valence-corrected chi connectivity index (χ2v) is 8.83. The third-order valence-electron chi connectivity index (χ3n) is 5.40.